The van der Waals surface area contributed by atoms with Crippen molar-refractivity contribution in [3.8, 4) is 16.9 Å². The summed E-state index contributed by atoms with van der Waals surface area (Å²) < 4.78 is 7.86. The Kier molecular flexibility index (Phi) is 5.23. The van der Waals surface area contributed by atoms with Crippen molar-refractivity contribution in [2.75, 3.05) is 0 Å². The summed E-state index contributed by atoms with van der Waals surface area (Å²) in [5, 5.41) is 4.77. The molecule has 32 heavy (non-hydrogen) atoms. The fourth-order valence-electron chi connectivity index (χ4n) is 3.30. The summed E-state index contributed by atoms with van der Waals surface area (Å²) in [5.41, 5.74) is 3.17. The van der Waals surface area contributed by atoms with Crippen LogP contribution in [0.25, 0.3) is 29.1 Å². The third-order valence-electron chi connectivity index (χ3n) is 4.80. The predicted octanol–water partition coefficient (Wildman–Crippen LogP) is 3.37. The van der Waals surface area contributed by atoms with Crippen molar-refractivity contribution in [2.45, 2.75) is 0 Å². The molecule has 0 saturated heterocycles. The molecule has 1 N–H and O–H groups in total. The number of nitrogens with one attached hydrogen (secondary N) is 1. The van der Waals surface area contributed by atoms with Gasteiger partial charge in [0, 0.05) is 23.4 Å². The highest BCUT2D eigenvalue weighted by Crippen LogP contribution is 2.24. The van der Waals surface area contributed by atoms with E-state index in [4.69, 9.17) is 9.52 Å². The molecule has 3 aromatic heterocycles. The molecule has 0 aliphatic rings. The summed E-state index contributed by atoms with van der Waals surface area (Å²) in [6, 6.07) is 22.8. The first-order chi connectivity index (χ1) is 15.7. The molecule has 0 unspecified atom stereocenters. The van der Waals surface area contributed by atoms with Crippen molar-refractivity contribution in [3.05, 3.63) is 116 Å². The number of thiazole rings is 1. The Bertz CT molecular complexity index is 1540. The molecular weight excluding hydrogens is 422 g/mol. The molecule has 6 nitrogen and oxygen atoms in total. The van der Waals surface area contributed by atoms with Crippen molar-refractivity contribution in [1.82, 2.24) is 14.8 Å². The lowest BCUT2D eigenvalue weighted by Gasteiger charge is -2.00. The van der Waals surface area contributed by atoms with E-state index in [9.17, 15) is 9.59 Å². The number of hydrogen-bond acceptors (Lipinski definition) is 5. The Labute approximate surface area is 186 Å². The Morgan fingerprint density at radius 3 is 2.47 bits per heavy atom. The van der Waals surface area contributed by atoms with E-state index < -0.39 is 0 Å². The van der Waals surface area contributed by atoms with E-state index in [-0.39, 0.29) is 17.1 Å². The van der Waals surface area contributed by atoms with Crippen molar-refractivity contribution in [1.29, 1.82) is 0 Å². The zero-order chi connectivity index (χ0) is 21.9. The second-order valence-electron chi connectivity index (χ2n) is 6.99. The van der Waals surface area contributed by atoms with Crippen molar-refractivity contribution in [3.63, 3.8) is 0 Å². The van der Waals surface area contributed by atoms with Gasteiger partial charge in [-0.1, -0.05) is 48.5 Å². The molecule has 3 heterocycles. The molecule has 0 aliphatic carbocycles. The van der Waals surface area contributed by atoms with Crippen LogP contribution in [0.15, 0.2) is 94.5 Å². The summed E-state index contributed by atoms with van der Waals surface area (Å²) in [6.45, 7) is 0. The maximum absolute atomic E-state index is 12.6. The van der Waals surface area contributed by atoms with Crippen LogP contribution in [-0.4, -0.2) is 20.5 Å². The lowest BCUT2D eigenvalue weighted by atomic mass is 10.1. The van der Waals surface area contributed by atoms with Gasteiger partial charge < -0.3 is 9.40 Å². The number of furan rings is 1. The molecule has 0 atom stereocenters. The first-order valence-electron chi connectivity index (χ1n) is 9.88. The van der Waals surface area contributed by atoms with Gasteiger partial charge >= 0.3 is 0 Å². The highest BCUT2D eigenvalue weighted by Gasteiger charge is 2.11. The molecule has 7 heteroatoms. The van der Waals surface area contributed by atoms with Gasteiger partial charge in [-0.15, -0.1) is 11.3 Å². The van der Waals surface area contributed by atoms with Crippen LogP contribution < -0.4 is 14.8 Å². The van der Waals surface area contributed by atoms with E-state index in [2.05, 4.69) is 4.98 Å². The Morgan fingerprint density at radius 2 is 1.75 bits per heavy atom. The molecule has 0 saturated carbocycles. The number of hydrogen-bond donors (Lipinski definition) is 1. The van der Waals surface area contributed by atoms with Crippen molar-refractivity contribution >= 4 is 29.3 Å². The highest BCUT2D eigenvalue weighted by atomic mass is 32.1. The average molecular weight is 439 g/mol. The van der Waals surface area contributed by atoms with Crippen LogP contribution in [0.1, 0.15) is 16.1 Å². The predicted molar refractivity (Wildman–Crippen MR) is 124 cm³/mol. The van der Waals surface area contributed by atoms with Gasteiger partial charge in [0.25, 0.3) is 5.56 Å². The summed E-state index contributed by atoms with van der Waals surface area (Å²) in [6.07, 6.45) is 6.50. The molecule has 2 aromatic carbocycles. The molecule has 0 bridgehead atoms. The van der Waals surface area contributed by atoms with Gasteiger partial charge in [-0.2, -0.15) is 5.10 Å². The fourth-order valence-corrected chi connectivity index (χ4v) is 4.18. The molecule has 0 fully saturated rings. The first-order valence-corrected chi connectivity index (χ1v) is 10.7. The van der Waals surface area contributed by atoms with E-state index in [1.165, 1.54) is 23.7 Å². The summed E-state index contributed by atoms with van der Waals surface area (Å²) >= 11 is 1.21. The van der Waals surface area contributed by atoms with Crippen LogP contribution in [0.4, 0.5) is 0 Å². The quantitative estimate of drug-likeness (QED) is 0.426. The van der Waals surface area contributed by atoms with Crippen molar-refractivity contribution < 1.29 is 9.21 Å². The van der Waals surface area contributed by atoms with Gasteiger partial charge in [0.05, 0.1) is 26.8 Å². The minimum atomic E-state index is -0.305. The summed E-state index contributed by atoms with van der Waals surface area (Å²) in [4.78, 5) is 27.6. The molecule has 5 rings (SSSR count). The van der Waals surface area contributed by atoms with Gasteiger partial charge in [-0.25, -0.2) is 4.68 Å². The third kappa shape index (κ3) is 4.01. The normalized spacial score (nSPS) is 12.4. The Morgan fingerprint density at radius 1 is 1.00 bits per heavy atom. The van der Waals surface area contributed by atoms with Crippen LogP contribution in [0.3, 0.4) is 0 Å². The van der Waals surface area contributed by atoms with Gasteiger partial charge in [0.1, 0.15) is 0 Å². The highest BCUT2D eigenvalue weighted by molar-refractivity contribution is 7.07. The van der Waals surface area contributed by atoms with Crippen LogP contribution in [-0.2, 0) is 0 Å². The number of aromatic amines is 1. The standard InChI is InChI=1S/C25H17N3O3S/c29-20(21-12-7-13-31-21)15-23-26-25(30)22(32-23)14-18-16-28(19-10-5-2-6-11-19)27-24(18)17-8-3-1-4-9-17/h1-16H,(H,26,30)/b22-14+,23-15+. The zero-order valence-electron chi connectivity index (χ0n) is 16.8. The molecule has 156 valence electrons. The van der Waals surface area contributed by atoms with Gasteiger partial charge in [-0.05, 0) is 30.3 Å². The maximum atomic E-state index is 12.6. The van der Waals surface area contributed by atoms with E-state index in [0.29, 0.717) is 9.20 Å². The number of benzene rings is 2. The Balaban J connectivity index is 1.62. The van der Waals surface area contributed by atoms with Crippen LogP contribution >= 0.6 is 11.3 Å². The monoisotopic (exact) mass is 439 g/mol. The zero-order valence-corrected chi connectivity index (χ0v) is 17.6. The smallest absolute Gasteiger partial charge is 0.266 e. The average Bonchev–Trinajstić information content (AvgIpc) is 3.56. The van der Waals surface area contributed by atoms with E-state index in [1.54, 1.807) is 22.9 Å². The number of para-hydroxylation sites is 1. The maximum Gasteiger partial charge on any atom is 0.266 e. The van der Waals surface area contributed by atoms with Crippen LogP contribution in [0, 0.1) is 0 Å². The topological polar surface area (TPSA) is 80.9 Å². The third-order valence-corrected chi connectivity index (χ3v) is 5.77. The van der Waals surface area contributed by atoms with E-state index >= 15 is 0 Å². The SMILES string of the molecule is O=C(/C=c1\[nH]c(=O)/c(=C\c2cn(-c3ccccc3)nc2-c2ccccc2)s1)c1ccco1. The van der Waals surface area contributed by atoms with Gasteiger partial charge in [0.2, 0.25) is 5.78 Å². The number of carbonyl (C=O) groups excluding carboxylic acids is 1. The number of nitrogens with zero attached hydrogens (tertiary/aromatic N) is 2. The largest absolute Gasteiger partial charge is 0.461 e. The van der Waals surface area contributed by atoms with Crippen LogP contribution in [0.5, 0.6) is 0 Å². The van der Waals surface area contributed by atoms with E-state index in [1.807, 2.05) is 66.9 Å². The van der Waals surface area contributed by atoms with Gasteiger partial charge in [0.15, 0.2) is 5.76 Å². The number of ketones is 1. The van der Waals surface area contributed by atoms with E-state index in [0.717, 1.165) is 22.5 Å². The van der Waals surface area contributed by atoms with Crippen molar-refractivity contribution in [2.24, 2.45) is 0 Å². The number of carbonyl (C=O) groups is 1. The summed E-state index contributed by atoms with van der Waals surface area (Å²) in [7, 11) is 0. The summed E-state index contributed by atoms with van der Waals surface area (Å²) in [5.74, 6) is -0.0822. The fraction of sp³-hybridized carbons (Fsp3) is 0. The second kappa shape index (κ2) is 8.49. The molecule has 5 aromatic rings. The number of Topliss-reactive ketones (excluding diaryl/α,β-unsaturated/α-hetero) is 1. The second-order valence-corrected chi connectivity index (χ2v) is 8.08. The molecule has 0 radical (unpaired) electrons. The molecule has 0 aliphatic heterocycles. The first kappa shape index (κ1) is 19.7. The van der Waals surface area contributed by atoms with Gasteiger partial charge in [-0.3, -0.25) is 9.59 Å². The minimum Gasteiger partial charge on any atom is -0.461 e. The lowest BCUT2D eigenvalue weighted by Crippen LogP contribution is -2.20. The molecular formula is C25H17N3O3S. The number of aromatic nitrogens is 3. The number of rotatable bonds is 5. The molecule has 0 spiro atoms. The minimum absolute atomic E-state index is 0.222. The molecule has 0 amide bonds. The Hall–Kier alpha value is -4.23. The van der Waals surface area contributed by atoms with Crippen LogP contribution in [0.2, 0.25) is 0 Å². The lowest BCUT2D eigenvalue weighted by molar-refractivity contribution is 0.103. The number of H-pyrrole nitrogens is 1.